The molecule has 0 amide bonds. The summed E-state index contributed by atoms with van der Waals surface area (Å²) < 4.78 is 1.60. The fourth-order valence-corrected chi connectivity index (χ4v) is 2.86. The number of nitrogen functional groups attached to an aromatic ring is 1. The van der Waals surface area contributed by atoms with Gasteiger partial charge in [0, 0.05) is 34.8 Å². The maximum atomic E-state index is 12.1. The molecule has 4 rings (SSSR count). The van der Waals surface area contributed by atoms with Gasteiger partial charge >= 0.3 is 5.97 Å². The molecule has 2 heterocycles. The average Bonchev–Trinajstić information content (AvgIpc) is 3.03. The van der Waals surface area contributed by atoms with E-state index in [2.05, 4.69) is 9.97 Å². The lowest BCUT2D eigenvalue weighted by molar-refractivity contribution is -0.129. The molecule has 2 aromatic carbocycles. The molecule has 0 fully saturated rings. The first-order chi connectivity index (χ1) is 10.6. The lowest BCUT2D eigenvalue weighted by atomic mass is 10.2. The number of nitrogens with two attached hydrogens (primary N) is 1. The Morgan fingerprint density at radius 3 is 2.75 bits per heavy atom. The molecule has 0 unspecified atom stereocenters. The van der Waals surface area contributed by atoms with Gasteiger partial charge in [0.05, 0.1) is 11.0 Å². The SMILES string of the molecule is Cl.Cl.Nc1ccc2c(c1)/c(=C\C(=O)O)c1c2[nH]c(=O)c2nccn21. The Hall–Kier alpha value is -2.77. The summed E-state index contributed by atoms with van der Waals surface area (Å²) in [6.45, 7) is 0. The summed E-state index contributed by atoms with van der Waals surface area (Å²) in [6, 6.07) is 5.18. The standard InChI is InChI=1S/C15H10N4O3.2ClH/c16-7-1-2-8-9(5-7)10(6-11(20)21)13-12(8)18-15(22)14-17-3-4-19(13)14;;/h1-6H,16H2,(H,18,22)(H,20,21);2*1H/b10-6+;;. The van der Waals surface area contributed by atoms with E-state index in [-0.39, 0.29) is 36.0 Å². The monoisotopic (exact) mass is 366 g/mol. The first-order valence-electron chi connectivity index (χ1n) is 6.51. The van der Waals surface area contributed by atoms with Crippen molar-refractivity contribution in [3.63, 3.8) is 0 Å². The van der Waals surface area contributed by atoms with Crippen LogP contribution in [0.5, 0.6) is 0 Å². The van der Waals surface area contributed by atoms with Crippen molar-refractivity contribution in [3.05, 3.63) is 46.2 Å². The number of carboxylic acid groups (broad SMARTS) is 1. The summed E-state index contributed by atoms with van der Waals surface area (Å²) in [5, 5.41) is 11.1. The maximum absolute atomic E-state index is 12.1. The Balaban J connectivity index is 0.00000104. The second kappa shape index (κ2) is 6.03. The molecular formula is C15H12Cl2N4O3. The largest absolute Gasteiger partial charge is 0.478 e. The predicted octanol–water partition coefficient (Wildman–Crippen LogP) is 1.34. The zero-order valence-corrected chi connectivity index (χ0v) is 13.6. The van der Waals surface area contributed by atoms with Crippen LogP contribution in [0.2, 0.25) is 0 Å². The third-order valence-electron chi connectivity index (χ3n) is 3.69. The minimum absolute atomic E-state index is 0. The number of aliphatic carboxylic acids is 1. The average molecular weight is 367 g/mol. The molecule has 24 heavy (non-hydrogen) atoms. The molecule has 0 spiro atoms. The first-order valence-corrected chi connectivity index (χ1v) is 6.51. The summed E-state index contributed by atoms with van der Waals surface area (Å²) in [5.74, 6) is -1.07. The number of nitrogens with zero attached hydrogens (tertiary/aromatic N) is 2. The highest BCUT2D eigenvalue weighted by Gasteiger charge is 2.14. The number of hydrogen-bond donors (Lipinski definition) is 3. The molecule has 4 N–H and O–H groups in total. The molecule has 0 bridgehead atoms. The van der Waals surface area contributed by atoms with Crippen LogP contribution in [-0.2, 0) is 4.79 Å². The second-order valence-electron chi connectivity index (χ2n) is 5.00. The van der Waals surface area contributed by atoms with Crippen LogP contribution in [0, 0.1) is 0 Å². The van der Waals surface area contributed by atoms with E-state index in [4.69, 9.17) is 10.8 Å². The Morgan fingerprint density at radius 1 is 1.29 bits per heavy atom. The van der Waals surface area contributed by atoms with Gasteiger partial charge in [0.1, 0.15) is 0 Å². The molecule has 9 heteroatoms. The van der Waals surface area contributed by atoms with Gasteiger partial charge in [0.2, 0.25) is 5.65 Å². The van der Waals surface area contributed by atoms with Gasteiger partial charge in [-0.25, -0.2) is 9.78 Å². The Labute approximate surface area is 146 Å². The quantitative estimate of drug-likeness (QED) is 0.440. The number of aromatic nitrogens is 3. The summed E-state index contributed by atoms with van der Waals surface area (Å²) >= 11 is 0. The number of hydrogen-bond acceptors (Lipinski definition) is 4. The van der Waals surface area contributed by atoms with E-state index >= 15 is 0 Å². The third-order valence-corrected chi connectivity index (χ3v) is 3.69. The number of benzene rings is 1. The van der Waals surface area contributed by atoms with Crippen LogP contribution in [0.4, 0.5) is 5.69 Å². The van der Waals surface area contributed by atoms with Gasteiger partial charge in [0.25, 0.3) is 5.56 Å². The number of rotatable bonds is 1. The van der Waals surface area contributed by atoms with Crippen LogP contribution in [0.25, 0.3) is 33.5 Å². The highest BCUT2D eigenvalue weighted by Crippen LogP contribution is 2.23. The van der Waals surface area contributed by atoms with Crippen LogP contribution in [0.3, 0.4) is 0 Å². The number of fused-ring (bicyclic) bond motifs is 5. The number of H-pyrrole nitrogens is 1. The number of imidazole rings is 1. The number of halogens is 2. The maximum Gasteiger partial charge on any atom is 0.329 e. The predicted molar refractivity (Wildman–Crippen MR) is 97.1 cm³/mol. The van der Waals surface area contributed by atoms with E-state index < -0.39 is 5.97 Å². The molecule has 124 valence electrons. The van der Waals surface area contributed by atoms with E-state index in [0.717, 1.165) is 11.5 Å². The van der Waals surface area contributed by atoms with E-state index in [9.17, 15) is 9.59 Å². The van der Waals surface area contributed by atoms with Crippen LogP contribution >= 0.6 is 24.8 Å². The van der Waals surface area contributed by atoms with E-state index in [1.54, 1.807) is 28.8 Å². The van der Waals surface area contributed by atoms with Crippen molar-refractivity contribution in [2.75, 3.05) is 5.73 Å². The fourth-order valence-electron chi connectivity index (χ4n) is 2.86. The molecule has 0 radical (unpaired) electrons. The summed E-state index contributed by atoms with van der Waals surface area (Å²) in [7, 11) is 0. The number of nitrogens with one attached hydrogen (secondary N) is 1. The zero-order valence-electron chi connectivity index (χ0n) is 12.0. The van der Waals surface area contributed by atoms with Crippen molar-refractivity contribution < 1.29 is 9.90 Å². The molecule has 0 atom stereocenters. The summed E-state index contributed by atoms with van der Waals surface area (Å²) in [5.41, 5.74) is 7.38. The first kappa shape index (κ1) is 17.6. The molecule has 0 saturated carbocycles. The minimum atomic E-state index is -1.07. The van der Waals surface area contributed by atoms with E-state index in [1.807, 2.05) is 0 Å². The van der Waals surface area contributed by atoms with Gasteiger partial charge in [-0.15, -0.1) is 24.8 Å². The van der Waals surface area contributed by atoms with Crippen molar-refractivity contribution >= 4 is 70.0 Å². The normalized spacial score (nSPS) is 11.6. The van der Waals surface area contributed by atoms with Crippen molar-refractivity contribution in [1.29, 1.82) is 0 Å². The van der Waals surface area contributed by atoms with Crippen molar-refractivity contribution in [2.24, 2.45) is 0 Å². The lowest BCUT2D eigenvalue weighted by Gasteiger charge is -1.97. The Kier molecular flexibility index (Phi) is 4.42. The zero-order chi connectivity index (χ0) is 15.4. The van der Waals surface area contributed by atoms with Crippen molar-refractivity contribution in [1.82, 2.24) is 14.4 Å². The van der Waals surface area contributed by atoms with Gasteiger partial charge in [-0.1, -0.05) is 6.07 Å². The van der Waals surface area contributed by atoms with Crippen LogP contribution in [0.15, 0.2) is 35.4 Å². The number of carbonyl (C=O) groups is 1. The van der Waals surface area contributed by atoms with Crippen LogP contribution in [0.1, 0.15) is 0 Å². The van der Waals surface area contributed by atoms with Crippen molar-refractivity contribution in [2.45, 2.75) is 0 Å². The van der Waals surface area contributed by atoms with Gasteiger partial charge in [0.15, 0.2) is 0 Å². The minimum Gasteiger partial charge on any atom is -0.478 e. The molecule has 2 aromatic heterocycles. The Bertz CT molecular complexity index is 1200. The smallest absolute Gasteiger partial charge is 0.329 e. The molecule has 4 aromatic rings. The molecule has 0 aliphatic heterocycles. The summed E-state index contributed by atoms with van der Waals surface area (Å²) in [4.78, 5) is 30.1. The molecule has 0 saturated heterocycles. The number of aromatic amines is 1. The second-order valence-corrected chi connectivity index (χ2v) is 5.00. The van der Waals surface area contributed by atoms with Gasteiger partial charge in [-0.3, -0.25) is 9.20 Å². The van der Waals surface area contributed by atoms with E-state index in [0.29, 0.717) is 27.3 Å². The highest BCUT2D eigenvalue weighted by molar-refractivity contribution is 6.14. The van der Waals surface area contributed by atoms with Crippen LogP contribution in [-0.4, -0.2) is 25.4 Å². The molecule has 0 aliphatic rings. The lowest BCUT2D eigenvalue weighted by Crippen LogP contribution is -2.13. The summed E-state index contributed by atoms with van der Waals surface area (Å²) in [6.07, 6.45) is 4.25. The number of anilines is 1. The fraction of sp³-hybridized carbons (Fsp3) is 0. The molecular weight excluding hydrogens is 355 g/mol. The van der Waals surface area contributed by atoms with Gasteiger partial charge < -0.3 is 15.8 Å². The van der Waals surface area contributed by atoms with Crippen LogP contribution < -0.4 is 16.5 Å². The molecule has 7 nitrogen and oxygen atoms in total. The third kappa shape index (κ3) is 2.34. The molecule has 0 aliphatic carbocycles. The number of carboxylic acids is 1. The van der Waals surface area contributed by atoms with Gasteiger partial charge in [-0.05, 0) is 17.5 Å². The van der Waals surface area contributed by atoms with Gasteiger partial charge in [-0.2, -0.15) is 0 Å². The van der Waals surface area contributed by atoms with Crippen molar-refractivity contribution in [3.8, 4) is 0 Å². The topological polar surface area (TPSA) is 113 Å². The van der Waals surface area contributed by atoms with E-state index in [1.165, 1.54) is 6.20 Å². The Morgan fingerprint density at radius 2 is 2.04 bits per heavy atom. The highest BCUT2D eigenvalue weighted by atomic mass is 35.5.